The minimum Gasteiger partial charge on any atom is -0.378 e. The highest BCUT2D eigenvalue weighted by atomic mass is 35.5. The van der Waals surface area contributed by atoms with Gasteiger partial charge in [-0.15, -0.1) is 0 Å². The van der Waals surface area contributed by atoms with Crippen LogP contribution in [0.1, 0.15) is 16.1 Å². The maximum atomic E-state index is 12.6. The number of anilines is 1. The SMILES string of the molecule is O=C(NCc1ccnc(-n2cccn2)c1)c1nc(N2CCOCC2)ncc1Cl. The van der Waals surface area contributed by atoms with E-state index in [0.717, 1.165) is 5.56 Å². The molecule has 1 amide bonds. The molecule has 3 aromatic rings. The molecule has 0 unspecified atom stereocenters. The molecule has 144 valence electrons. The Kier molecular flexibility index (Phi) is 5.45. The van der Waals surface area contributed by atoms with Crippen molar-refractivity contribution in [2.45, 2.75) is 6.54 Å². The summed E-state index contributed by atoms with van der Waals surface area (Å²) in [6.07, 6.45) is 6.61. The van der Waals surface area contributed by atoms with Crippen molar-refractivity contribution < 1.29 is 9.53 Å². The normalized spacial score (nSPS) is 14.1. The van der Waals surface area contributed by atoms with E-state index >= 15 is 0 Å². The van der Waals surface area contributed by atoms with Crippen molar-refractivity contribution in [1.29, 1.82) is 0 Å². The largest absolute Gasteiger partial charge is 0.378 e. The number of amides is 1. The first kappa shape index (κ1) is 18.3. The summed E-state index contributed by atoms with van der Waals surface area (Å²) >= 11 is 6.15. The predicted octanol–water partition coefficient (Wildman–Crippen LogP) is 1.48. The number of carbonyl (C=O) groups is 1. The molecular weight excluding hydrogens is 382 g/mol. The molecule has 1 fully saturated rings. The molecule has 0 aliphatic carbocycles. The molecule has 0 radical (unpaired) electrons. The Balaban J connectivity index is 1.46. The van der Waals surface area contributed by atoms with Gasteiger partial charge in [0.2, 0.25) is 5.95 Å². The molecule has 0 saturated carbocycles. The van der Waals surface area contributed by atoms with Crippen LogP contribution in [0.2, 0.25) is 5.02 Å². The maximum Gasteiger partial charge on any atom is 0.271 e. The van der Waals surface area contributed by atoms with Gasteiger partial charge in [-0.25, -0.2) is 19.6 Å². The van der Waals surface area contributed by atoms with Crippen molar-refractivity contribution in [2.24, 2.45) is 0 Å². The van der Waals surface area contributed by atoms with Gasteiger partial charge in [-0.1, -0.05) is 11.6 Å². The standard InChI is InChI=1S/C18H18ClN7O2/c19-14-12-22-18(25-6-8-28-9-7-25)24-16(14)17(27)21-11-13-2-4-20-15(10-13)26-5-1-3-23-26/h1-5,10,12H,6-9,11H2,(H,21,27). The Morgan fingerprint density at radius 3 is 2.89 bits per heavy atom. The Hall–Kier alpha value is -3.04. The second-order valence-electron chi connectivity index (χ2n) is 6.12. The van der Waals surface area contributed by atoms with Crippen molar-refractivity contribution in [2.75, 3.05) is 31.2 Å². The quantitative estimate of drug-likeness (QED) is 0.693. The Morgan fingerprint density at radius 1 is 1.25 bits per heavy atom. The van der Waals surface area contributed by atoms with E-state index in [4.69, 9.17) is 16.3 Å². The third-order valence-electron chi connectivity index (χ3n) is 4.24. The van der Waals surface area contributed by atoms with E-state index in [9.17, 15) is 4.79 Å². The second kappa shape index (κ2) is 8.32. The zero-order chi connectivity index (χ0) is 19.3. The number of nitrogens with zero attached hydrogens (tertiary/aromatic N) is 6. The van der Waals surface area contributed by atoms with Gasteiger partial charge in [0.25, 0.3) is 5.91 Å². The van der Waals surface area contributed by atoms with E-state index in [1.165, 1.54) is 6.20 Å². The summed E-state index contributed by atoms with van der Waals surface area (Å²) in [6.45, 7) is 2.87. The molecule has 1 aliphatic heterocycles. The molecule has 9 nitrogen and oxygen atoms in total. The summed E-state index contributed by atoms with van der Waals surface area (Å²) in [4.78, 5) is 27.5. The summed E-state index contributed by atoms with van der Waals surface area (Å²) < 4.78 is 6.99. The minimum absolute atomic E-state index is 0.152. The Bertz CT molecular complexity index is 958. The molecule has 10 heteroatoms. The lowest BCUT2D eigenvalue weighted by atomic mass is 10.2. The lowest BCUT2D eigenvalue weighted by Gasteiger charge is -2.26. The number of nitrogens with one attached hydrogen (secondary N) is 1. The van der Waals surface area contributed by atoms with E-state index in [2.05, 4.69) is 25.4 Å². The van der Waals surface area contributed by atoms with Crippen LogP contribution in [-0.4, -0.2) is 56.9 Å². The van der Waals surface area contributed by atoms with Gasteiger partial charge in [0, 0.05) is 38.2 Å². The summed E-state index contributed by atoms with van der Waals surface area (Å²) in [5.74, 6) is 0.786. The molecule has 4 heterocycles. The average Bonchev–Trinajstić information content (AvgIpc) is 3.28. The maximum absolute atomic E-state index is 12.6. The number of ether oxygens (including phenoxy) is 1. The van der Waals surface area contributed by atoms with Crippen LogP contribution in [0.15, 0.2) is 43.0 Å². The molecule has 0 atom stereocenters. The van der Waals surface area contributed by atoms with Crippen LogP contribution in [0.4, 0.5) is 5.95 Å². The molecule has 4 rings (SSSR count). The minimum atomic E-state index is -0.362. The molecule has 0 spiro atoms. The van der Waals surface area contributed by atoms with Crippen LogP contribution in [0.5, 0.6) is 0 Å². The highest BCUT2D eigenvalue weighted by Gasteiger charge is 2.19. The number of hydrogen-bond acceptors (Lipinski definition) is 7. The molecule has 1 aliphatic rings. The van der Waals surface area contributed by atoms with Gasteiger partial charge in [-0.3, -0.25) is 4.79 Å². The summed E-state index contributed by atoms with van der Waals surface area (Å²) in [6, 6.07) is 5.50. The zero-order valence-corrected chi connectivity index (χ0v) is 15.7. The van der Waals surface area contributed by atoms with Crippen LogP contribution in [-0.2, 0) is 11.3 Å². The van der Waals surface area contributed by atoms with E-state index in [1.807, 2.05) is 23.1 Å². The highest BCUT2D eigenvalue weighted by molar-refractivity contribution is 6.33. The molecule has 1 N–H and O–H groups in total. The third-order valence-corrected chi connectivity index (χ3v) is 4.52. The smallest absolute Gasteiger partial charge is 0.271 e. The van der Waals surface area contributed by atoms with Gasteiger partial charge in [0.05, 0.1) is 24.4 Å². The molecule has 0 bridgehead atoms. The Morgan fingerprint density at radius 2 is 2.11 bits per heavy atom. The van der Waals surface area contributed by atoms with Crippen LogP contribution in [0.25, 0.3) is 5.82 Å². The number of hydrogen-bond donors (Lipinski definition) is 1. The van der Waals surface area contributed by atoms with Gasteiger partial charge >= 0.3 is 0 Å². The topological polar surface area (TPSA) is 98.1 Å². The zero-order valence-electron chi connectivity index (χ0n) is 15.0. The van der Waals surface area contributed by atoms with Crippen LogP contribution >= 0.6 is 11.6 Å². The number of rotatable bonds is 5. The number of halogens is 1. The monoisotopic (exact) mass is 399 g/mol. The van der Waals surface area contributed by atoms with Gasteiger partial charge in [-0.2, -0.15) is 5.10 Å². The Labute approximate surface area is 166 Å². The van der Waals surface area contributed by atoms with Crippen LogP contribution in [0, 0.1) is 0 Å². The number of morpholine rings is 1. The summed E-state index contributed by atoms with van der Waals surface area (Å²) in [5.41, 5.74) is 1.03. The van der Waals surface area contributed by atoms with Gasteiger partial charge in [0.15, 0.2) is 11.5 Å². The number of pyridine rings is 1. The molecule has 28 heavy (non-hydrogen) atoms. The van der Waals surface area contributed by atoms with Gasteiger partial charge in [0.1, 0.15) is 0 Å². The second-order valence-corrected chi connectivity index (χ2v) is 6.53. The lowest BCUT2D eigenvalue weighted by molar-refractivity contribution is 0.0945. The summed E-state index contributed by atoms with van der Waals surface area (Å²) in [7, 11) is 0. The van der Waals surface area contributed by atoms with E-state index in [1.54, 1.807) is 23.3 Å². The van der Waals surface area contributed by atoms with Crippen molar-refractivity contribution in [3.8, 4) is 5.82 Å². The molecule has 1 saturated heterocycles. The van der Waals surface area contributed by atoms with E-state index < -0.39 is 0 Å². The van der Waals surface area contributed by atoms with Crippen molar-refractivity contribution in [3.05, 3.63) is 59.3 Å². The number of aromatic nitrogens is 5. The van der Waals surface area contributed by atoms with E-state index in [0.29, 0.717) is 44.6 Å². The van der Waals surface area contributed by atoms with Gasteiger partial charge in [-0.05, 0) is 23.8 Å². The molecular formula is C18H18ClN7O2. The first-order valence-electron chi connectivity index (χ1n) is 8.79. The lowest BCUT2D eigenvalue weighted by Crippen LogP contribution is -2.37. The molecule has 0 aromatic carbocycles. The van der Waals surface area contributed by atoms with Crippen LogP contribution in [0.3, 0.4) is 0 Å². The number of carbonyl (C=O) groups excluding carboxylic acids is 1. The highest BCUT2D eigenvalue weighted by Crippen LogP contribution is 2.17. The van der Waals surface area contributed by atoms with Crippen molar-refractivity contribution >= 4 is 23.5 Å². The first-order chi connectivity index (χ1) is 13.7. The fourth-order valence-electron chi connectivity index (χ4n) is 2.80. The predicted molar refractivity (Wildman–Crippen MR) is 103 cm³/mol. The fourth-order valence-corrected chi connectivity index (χ4v) is 2.98. The molecule has 3 aromatic heterocycles. The van der Waals surface area contributed by atoms with Crippen LogP contribution < -0.4 is 10.2 Å². The van der Waals surface area contributed by atoms with Crippen molar-refractivity contribution in [1.82, 2.24) is 30.0 Å². The van der Waals surface area contributed by atoms with Crippen molar-refractivity contribution in [3.63, 3.8) is 0 Å². The van der Waals surface area contributed by atoms with E-state index in [-0.39, 0.29) is 16.6 Å². The average molecular weight is 400 g/mol. The van der Waals surface area contributed by atoms with Gasteiger partial charge < -0.3 is 15.0 Å². The summed E-state index contributed by atoms with van der Waals surface area (Å²) in [5, 5.41) is 7.21. The fraction of sp³-hybridized carbons (Fsp3) is 0.278. The first-order valence-corrected chi connectivity index (χ1v) is 9.17. The third kappa shape index (κ3) is 4.10.